The van der Waals surface area contributed by atoms with Gasteiger partial charge in [0.25, 0.3) is 0 Å². The topological polar surface area (TPSA) is 63.6 Å². The molecule has 116 valence electrons. The highest BCUT2D eigenvalue weighted by molar-refractivity contribution is 6.31. The van der Waals surface area contributed by atoms with Crippen LogP contribution in [0.4, 0.5) is 0 Å². The van der Waals surface area contributed by atoms with E-state index in [4.69, 9.17) is 21.4 Å². The summed E-state index contributed by atoms with van der Waals surface area (Å²) in [5.41, 5.74) is 0.220. The van der Waals surface area contributed by atoms with E-state index in [9.17, 15) is 9.59 Å². The number of aromatic carboxylic acids is 1. The Morgan fingerprint density at radius 3 is 2.33 bits per heavy atom. The number of carbonyl (C=O) groups is 2. The van der Waals surface area contributed by atoms with E-state index in [1.807, 2.05) is 6.92 Å². The number of hydrogen-bond donors (Lipinski definition) is 1. The summed E-state index contributed by atoms with van der Waals surface area (Å²) >= 11 is 5.86. The molecule has 0 heterocycles. The summed E-state index contributed by atoms with van der Waals surface area (Å²) in [5, 5.41) is 8.33. The summed E-state index contributed by atoms with van der Waals surface area (Å²) in [5.74, 6) is -0.392. The maximum absolute atomic E-state index is 11.9. The van der Waals surface area contributed by atoms with Crippen molar-refractivity contribution < 1.29 is 19.4 Å². The van der Waals surface area contributed by atoms with E-state index in [-0.39, 0.29) is 17.3 Å². The van der Waals surface area contributed by atoms with E-state index >= 15 is 0 Å². The highest BCUT2D eigenvalue weighted by atomic mass is 35.5. The molecule has 5 heteroatoms. The van der Waals surface area contributed by atoms with Crippen LogP contribution in [0.2, 0.25) is 0 Å². The number of ketones is 1. The highest BCUT2D eigenvalue weighted by Crippen LogP contribution is 2.19. The van der Waals surface area contributed by atoms with Crippen molar-refractivity contribution in [2.75, 3.05) is 6.61 Å². The molecule has 0 spiro atoms. The lowest BCUT2D eigenvalue weighted by Crippen LogP contribution is -2.23. The van der Waals surface area contributed by atoms with E-state index < -0.39 is 11.3 Å². The standard InChI is InChI=1S/C16H21ClO4/c1-3-4-12(15(18)11(2)17)9-10-21-14-7-5-13(6-8-14)16(19)20/h5-8,11-12H,3-4,9-10H2,1-2H3,(H,19,20). The average Bonchev–Trinajstić information content (AvgIpc) is 2.46. The van der Waals surface area contributed by atoms with Crippen molar-refractivity contribution in [1.29, 1.82) is 0 Å². The van der Waals surface area contributed by atoms with Gasteiger partial charge in [-0.15, -0.1) is 11.6 Å². The molecule has 0 bridgehead atoms. The van der Waals surface area contributed by atoms with Gasteiger partial charge in [-0.1, -0.05) is 13.3 Å². The summed E-state index contributed by atoms with van der Waals surface area (Å²) in [6, 6.07) is 6.22. The lowest BCUT2D eigenvalue weighted by atomic mass is 9.94. The Bertz CT molecular complexity index is 468. The minimum atomic E-state index is -0.966. The number of carboxylic acid groups (broad SMARTS) is 1. The number of halogens is 1. The lowest BCUT2D eigenvalue weighted by Gasteiger charge is -2.16. The zero-order valence-electron chi connectivity index (χ0n) is 12.3. The number of carbonyl (C=O) groups excluding carboxylic acids is 1. The lowest BCUT2D eigenvalue weighted by molar-refractivity contribution is -0.122. The summed E-state index contributed by atoms with van der Waals surface area (Å²) < 4.78 is 5.56. The first-order chi connectivity index (χ1) is 9.95. The van der Waals surface area contributed by atoms with Crippen molar-refractivity contribution in [2.45, 2.75) is 38.5 Å². The number of hydrogen-bond acceptors (Lipinski definition) is 3. The van der Waals surface area contributed by atoms with Crippen molar-refractivity contribution in [3.05, 3.63) is 29.8 Å². The van der Waals surface area contributed by atoms with E-state index in [1.165, 1.54) is 12.1 Å². The molecule has 0 aliphatic heterocycles. The minimum Gasteiger partial charge on any atom is -0.494 e. The predicted molar refractivity (Wildman–Crippen MR) is 82.2 cm³/mol. The van der Waals surface area contributed by atoms with E-state index in [1.54, 1.807) is 19.1 Å². The Labute approximate surface area is 130 Å². The molecule has 1 N–H and O–H groups in total. The van der Waals surface area contributed by atoms with Crippen LogP contribution in [0.3, 0.4) is 0 Å². The van der Waals surface area contributed by atoms with Crippen molar-refractivity contribution >= 4 is 23.4 Å². The van der Waals surface area contributed by atoms with Crippen molar-refractivity contribution in [2.24, 2.45) is 5.92 Å². The second-order valence-corrected chi connectivity index (χ2v) is 5.63. The molecule has 0 saturated heterocycles. The van der Waals surface area contributed by atoms with Crippen molar-refractivity contribution in [3.63, 3.8) is 0 Å². The normalized spacial score (nSPS) is 13.5. The third-order valence-electron chi connectivity index (χ3n) is 3.27. The fourth-order valence-corrected chi connectivity index (χ4v) is 2.29. The molecule has 0 aliphatic carbocycles. The van der Waals surface area contributed by atoms with Crippen LogP contribution in [0.25, 0.3) is 0 Å². The number of Topliss-reactive ketones (excluding diaryl/α,β-unsaturated/α-hetero) is 1. The maximum atomic E-state index is 11.9. The summed E-state index contributed by atoms with van der Waals surface area (Å²) in [6.07, 6.45) is 2.34. The Morgan fingerprint density at radius 2 is 1.86 bits per heavy atom. The van der Waals surface area contributed by atoms with E-state index in [0.717, 1.165) is 12.8 Å². The van der Waals surface area contributed by atoms with Crippen LogP contribution in [0, 0.1) is 5.92 Å². The molecule has 1 aromatic rings. The van der Waals surface area contributed by atoms with Gasteiger partial charge in [0.05, 0.1) is 17.5 Å². The first-order valence-electron chi connectivity index (χ1n) is 7.09. The molecule has 0 aliphatic rings. The van der Waals surface area contributed by atoms with Crippen molar-refractivity contribution in [3.8, 4) is 5.75 Å². The molecule has 0 amide bonds. The monoisotopic (exact) mass is 312 g/mol. The number of carboxylic acids is 1. The van der Waals surface area contributed by atoms with Gasteiger partial charge in [0.2, 0.25) is 0 Å². The summed E-state index contributed by atoms with van der Waals surface area (Å²) in [4.78, 5) is 22.7. The number of ether oxygens (including phenoxy) is 1. The van der Waals surface area contributed by atoms with Crippen molar-refractivity contribution in [1.82, 2.24) is 0 Å². The third kappa shape index (κ3) is 5.76. The van der Waals surface area contributed by atoms with Gasteiger partial charge in [-0.2, -0.15) is 0 Å². The molecule has 4 nitrogen and oxygen atoms in total. The number of rotatable bonds is 9. The van der Waals surface area contributed by atoms with Crippen LogP contribution >= 0.6 is 11.6 Å². The molecule has 0 fully saturated rings. The largest absolute Gasteiger partial charge is 0.494 e. The van der Waals surface area contributed by atoms with E-state index in [2.05, 4.69) is 0 Å². The molecule has 0 radical (unpaired) electrons. The molecule has 0 saturated carbocycles. The Kier molecular flexibility index (Phi) is 7.23. The average molecular weight is 313 g/mol. The summed E-state index contributed by atoms with van der Waals surface area (Å²) in [6.45, 7) is 4.13. The molecular formula is C16H21ClO4. The van der Waals surface area contributed by atoms with E-state index in [0.29, 0.717) is 18.8 Å². The molecule has 1 aromatic carbocycles. The van der Waals surface area contributed by atoms with Gasteiger partial charge in [-0.3, -0.25) is 4.79 Å². The van der Waals surface area contributed by atoms with Crippen LogP contribution < -0.4 is 4.74 Å². The van der Waals surface area contributed by atoms with Crippen LogP contribution in [-0.4, -0.2) is 28.8 Å². The second-order valence-electron chi connectivity index (χ2n) is 4.97. The molecule has 21 heavy (non-hydrogen) atoms. The Morgan fingerprint density at radius 1 is 1.24 bits per heavy atom. The quantitative estimate of drug-likeness (QED) is 0.705. The zero-order valence-corrected chi connectivity index (χ0v) is 13.1. The first-order valence-corrected chi connectivity index (χ1v) is 7.53. The van der Waals surface area contributed by atoms with Gasteiger partial charge >= 0.3 is 5.97 Å². The Balaban J connectivity index is 2.50. The Hall–Kier alpha value is -1.55. The second kappa shape index (κ2) is 8.67. The highest BCUT2D eigenvalue weighted by Gasteiger charge is 2.21. The first kappa shape index (κ1) is 17.5. The molecular weight excluding hydrogens is 292 g/mol. The molecule has 2 atom stereocenters. The van der Waals surface area contributed by atoms with Gasteiger partial charge in [0, 0.05) is 5.92 Å². The van der Waals surface area contributed by atoms with Gasteiger partial charge in [-0.25, -0.2) is 4.79 Å². The molecule has 1 rings (SSSR count). The SMILES string of the molecule is CCCC(CCOc1ccc(C(=O)O)cc1)C(=O)C(C)Cl. The fraction of sp³-hybridized carbons (Fsp3) is 0.500. The minimum absolute atomic E-state index is 0.0586. The maximum Gasteiger partial charge on any atom is 0.335 e. The molecule has 0 aromatic heterocycles. The van der Waals surface area contributed by atoms with Crippen LogP contribution in [0.15, 0.2) is 24.3 Å². The zero-order chi connectivity index (χ0) is 15.8. The number of alkyl halides is 1. The van der Waals surface area contributed by atoms with Gasteiger partial charge in [0.1, 0.15) is 5.75 Å². The predicted octanol–water partition coefficient (Wildman–Crippen LogP) is 3.77. The number of benzene rings is 1. The summed E-state index contributed by atoms with van der Waals surface area (Å²) in [7, 11) is 0. The fourth-order valence-electron chi connectivity index (χ4n) is 2.11. The van der Waals surface area contributed by atoms with Crippen LogP contribution in [0.5, 0.6) is 5.75 Å². The third-order valence-corrected chi connectivity index (χ3v) is 3.48. The van der Waals surface area contributed by atoms with Gasteiger partial charge < -0.3 is 9.84 Å². The van der Waals surface area contributed by atoms with Gasteiger partial charge in [-0.05, 0) is 44.0 Å². The van der Waals surface area contributed by atoms with Crippen LogP contribution in [-0.2, 0) is 4.79 Å². The smallest absolute Gasteiger partial charge is 0.335 e. The molecule has 2 unspecified atom stereocenters. The van der Waals surface area contributed by atoms with Crippen LogP contribution in [0.1, 0.15) is 43.5 Å². The van der Waals surface area contributed by atoms with Gasteiger partial charge in [0.15, 0.2) is 5.78 Å².